The van der Waals surface area contributed by atoms with E-state index >= 15 is 0 Å². The van der Waals surface area contributed by atoms with Crippen LogP contribution in [0.25, 0.3) is 10.9 Å². The Morgan fingerprint density at radius 3 is 2.75 bits per heavy atom. The molecule has 0 bridgehead atoms. The van der Waals surface area contributed by atoms with E-state index in [4.69, 9.17) is 5.11 Å². The van der Waals surface area contributed by atoms with Crippen LogP contribution in [0.5, 0.6) is 0 Å². The zero-order valence-electron chi connectivity index (χ0n) is 8.37. The second-order valence-electron chi connectivity index (χ2n) is 3.42. The number of aromatic amines is 1. The number of aromatic nitrogens is 1. The number of halogens is 1. The molecule has 0 aliphatic rings. The van der Waals surface area contributed by atoms with E-state index in [0.29, 0.717) is 15.4 Å². The number of carboxylic acids is 1. The van der Waals surface area contributed by atoms with Gasteiger partial charge in [0.15, 0.2) is 5.43 Å². The second kappa shape index (κ2) is 3.75. The molecule has 1 heterocycles. The van der Waals surface area contributed by atoms with Crippen LogP contribution in [-0.2, 0) is 0 Å². The van der Waals surface area contributed by atoms with Crippen molar-refractivity contribution in [1.82, 2.24) is 4.98 Å². The number of hydrogen-bond donors (Lipinski definition) is 2. The number of benzene rings is 1. The summed E-state index contributed by atoms with van der Waals surface area (Å²) in [5.74, 6) is -1.13. The third-order valence-corrected chi connectivity index (χ3v) is 3.10. The van der Waals surface area contributed by atoms with Gasteiger partial charge in [0.1, 0.15) is 5.69 Å². The van der Waals surface area contributed by atoms with Gasteiger partial charge in [-0.05, 0) is 35.0 Å². The average molecular weight is 282 g/mol. The summed E-state index contributed by atoms with van der Waals surface area (Å²) < 4.78 is 0.671. The van der Waals surface area contributed by atoms with Crippen LogP contribution in [0, 0.1) is 6.92 Å². The summed E-state index contributed by atoms with van der Waals surface area (Å²) in [5.41, 5.74) is 0.408. The Balaban J connectivity index is 3.01. The Morgan fingerprint density at radius 2 is 2.12 bits per heavy atom. The van der Waals surface area contributed by atoms with E-state index < -0.39 is 5.97 Å². The monoisotopic (exact) mass is 281 g/mol. The molecule has 2 N–H and O–H groups in total. The molecule has 4 nitrogen and oxygen atoms in total. The molecule has 1 aromatic carbocycles. The normalized spacial score (nSPS) is 10.6. The quantitative estimate of drug-likeness (QED) is 0.843. The number of aromatic carboxylic acids is 1. The minimum atomic E-state index is -1.13. The van der Waals surface area contributed by atoms with Crippen molar-refractivity contribution < 1.29 is 9.90 Å². The maximum absolute atomic E-state index is 11.9. The lowest BCUT2D eigenvalue weighted by molar-refractivity contribution is 0.0690. The number of carboxylic acid groups (broad SMARTS) is 1. The van der Waals surface area contributed by atoms with Crippen LogP contribution < -0.4 is 5.43 Å². The van der Waals surface area contributed by atoms with Crippen molar-refractivity contribution in [3.8, 4) is 0 Å². The zero-order chi connectivity index (χ0) is 11.9. The molecule has 0 spiro atoms. The number of carbonyl (C=O) groups is 1. The van der Waals surface area contributed by atoms with Crippen molar-refractivity contribution in [2.75, 3.05) is 0 Å². The molecule has 0 amide bonds. The van der Waals surface area contributed by atoms with Gasteiger partial charge in [-0.25, -0.2) is 4.79 Å². The van der Waals surface area contributed by atoms with Crippen LogP contribution >= 0.6 is 15.9 Å². The highest BCUT2D eigenvalue weighted by molar-refractivity contribution is 9.10. The molecule has 0 unspecified atom stereocenters. The van der Waals surface area contributed by atoms with Crippen molar-refractivity contribution in [3.63, 3.8) is 0 Å². The Kier molecular flexibility index (Phi) is 2.55. The summed E-state index contributed by atoms with van der Waals surface area (Å²) in [6, 6.07) is 5.15. The Morgan fingerprint density at radius 1 is 1.44 bits per heavy atom. The van der Waals surface area contributed by atoms with E-state index in [9.17, 15) is 9.59 Å². The lowest BCUT2D eigenvalue weighted by atomic mass is 10.1. The number of fused-ring (bicyclic) bond motifs is 1. The summed E-state index contributed by atoms with van der Waals surface area (Å²) in [5, 5.41) is 9.44. The van der Waals surface area contributed by atoms with E-state index in [1.165, 1.54) is 6.92 Å². The van der Waals surface area contributed by atoms with Gasteiger partial charge in [0.05, 0.1) is 5.52 Å². The molecule has 82 valence electrons. The minimum absolute atomic E-state index is 0.0654. The summed E-state index contributed by atoms with van der Waals surface area (Å²) in [6.07, 6.45) is 0. The third kappa shape index (κ3) is 1.53. The number of rotatable bonds is 1. The van der Waals surface area contributed by atoms with Crippen LogP contribution in [0.3, 0.4) is 0 Å². The molecule has 1 aromatic heterocycles. The summed E-state index contributed by atoms with van der Waals surface area (Å²) in [7, 11) is 0. The molecule has 16 heavy (non-hydrogen) atoms. The van der Waals surface area contributed by atoms with Crippen molar-refractivity contribution in [3.05, 3.63) is 44.2 Å². The Hall–Kier alpha value is -1.62. The van der Waals surface area contributed by atoms with Gasteiger partial charge in [0.25, 0.3) is 0 Å². The van der Waals surface area contributed by atoms with Gasteiger partial charge in [-0.2, -0.15) is 0 Å². The van der Waals surface area contributed by atoms with Gasteiger partial charge in [-0.3, -0.25) is 4.79 Å². The number of nitrogens with one attached hydrogen (secondary N) is 1. The van der Waals surface area contributed by atoms with E-state index in [1.807, 2.05) is 0 Å². The van der Waals surface area contributed by atoms with Crippen LogP contribution in [0.2, 0.25) is 0 Å². The Labute approximate surface area is 99.0 Å². The third-order valence-electron chi connectivity index (χ3n) is 2.44. The van der Waals surface area contributed by atoms with Crippen molar-refractivity contribution >= 4 is 32.8 Å². The van der Waals surface area contributed by atoms with E-state index in [0.717, 1.165) is 0 Å². The van der Waals surface area contributed by atoms with Gasteiger partial charge in [-0.1, -0.05) is 6.07 Å². The van der Waals surface area contributed by atoms with E-state index in [2.05, 4.69) is 20.9 Å². The SMILES string of the molecule is Cc1c(C(=O)O)[nH]c2c(Br)cccc2c1=O. The maximum atomic E-state index is 11.9. The number of pyridine rings is 1. The van der Waals surface area contributed by atoms with Gasteiger partial charge < -0.3 is 10.1 Å². The smallest absolute Gasteiger partial charge is 0.352 e. The van der Waals surface area contributed by atoms with E-state index in [-0.39, 0.29) is 16.7 Å². The standard InChI is InChI=1S/C11H8BrNO3/c1-5-8(11(15)16)13-9-6(10(5)14)3-2-4-7(9)12/h2-4H,1H3,(H,13,14)(H,15,16). The van der Waals surface area contributed by atoms with E-state index in [1.54, 1.807) is 18.2 Å². The second-order valence-corrected chi connectivity index (χ2v) is 4.28. The highest BCUT2D eigenvalue weighted by Gasteiger charge is 2.14. The van der Waals surface area contributed by atoms with Gasteiger partial charge >= 0.3 is 5.97 Å². The largest absolute Gasteiger partial charge is 0.477 e. The molecule has 2 aromatic rings. The molecule has 0 atom stereocenters. The fourth-order valence-corrected chi connectivity index (χ4v) is 2.05. The fourth-order valence-electron chi connectivity index (χ4n) is 1.59. The molecule has 2 rings (SSSR count). The highest BCUT2D eigenvalue weighted by atomic mass is 79.9. The predicted molar refractivity (Wildman–Crippen MR) is 64.0 cm³/mol. The van der Waals surface area contributed by atoms with Gasteiger partial charge in [0, 0.05) is 15.4 Å². The highest BCUT2D eigenvalue weighted by Crippen LogP contribution is 2.20. The van der Waals surface area contributed by atoms with Crippen LogP contribution in [0.15, 0.2) is 27.5 Å². The first-order chi connectivity index (χ1) is 7.52. The molecule has 0 aliphatic heterocycles. The summed E-state index contributed by atoms with van der Waals surface area (Å²) in [6.45, 7) is 1.50. The molecular weight excluding hydrogens is 274 g/mol. The fraction of sp³-hybridized carbons (Fsp3) is 0.0909. The van der Waals surface area contributed by atoms with Crippen LogP contribution in [0.1, 0.15) is 16.1 Å². The summed E-state index contributed by atoms with van der Waals surface area (Å²) in [4.78, 5) is 25.6. The predicted octanol–water partition coefficient (Wildman–Crippen LogP) is 2.30. The van der Waals surface area contributed by atoms with Gasteiger partial charge in [0.2, 0.25) is 0 Å². The first-order valence-electron chi connectivity index (χ1n) is 4.56. The maximum Gasteiger partial charge on any atom is 0.352 e. The molecule has 5 heteroatoms. The molecular formula is C11H8BrNO3. The molecule has 0 radical (unpaired) electrons. The topological polar surface area (TPSA) is 70.2 Å². The van der Waals surface area contributed by atoms with Crippen molar-refractivity contribution in [2.24, 2.45) is 0 Å². The Bertz CT molecular complexity index is 645. The molecule has 0 fully saturated rings. The first kappa shape index (κ1) is 10.9. The number of hydrogen-bond acceptors (Lipinski definition) is 2. The molecule has 0 saturated heterocycles. The van der Waals surface area contributed by atoms with Crippen molar-refractivity contribution in [2.45, 2.75) is 6.92 Å². The van der Waals surface area contributed by atoms with Crippen LogP contribution in [-0.4, -0.2) is 16.1 Å². The van der Waals surface area contributed by atoms with Gasteiger partial charge in [-0.15, -0.1) is 0 Å². The van der Waals surface area contributed by atoms with Crippen molar-refractivity contribution in [1.29, 1.82) is 0 Å². The average Bonchev–Trinajstić information content (AvgIpc) is 2.23. The lowest BCUT2D eigenvalue weighted by Crippen LogP contribution is -2.15. The first-order valence-corrected chi connectivity index (χ1v) is 5.36. The summed E-state index contributed by atoms with van der Waals surface area (Å²) >= 11 is 3.28. The zero-order valence-corrected chi connectivity index (χ0v) is 9.96. The molecule has 0 aliphatic carbocycles. The number of para-hydroxylation sites is 1. The van der Waals surface area contributed by atoms with Crippen LogP contribution in [0.4, 0.5) is 0 Å². The lowest BCUT2D eigenvalue weighted by Gasteiger charge is -2.05. The number of H-pyrrole nitrogens is 1. The molecule has 0 saturated carbocycles. The minimum Gasteiger partial charge on any atom is -0.477 e.